The quantitative estimate of drug-likeness (QED) is 0.665. The van der Waals surface area contributed by atoms with Crippen molar-refractivity contribution in [3.8, 4) is 0 Å². The van der Waals surface area contributed by atoms with E-state index in [2.05, 4.69) is 61.6 Å². The molecule has 23 heavy (non-hydrogen) atoms. The Kier molecular flexibility index (Phi) is 5.86. The minimum Gasteiger partial charge on any atom is -0.410 e. The van der Waals surface area contributed by atoms with E-state index in [1.165, 1.54) is 0 Å². The fraction of sp³-hybridized carbons (Fsp3) is 0.789. The molecule has 3 nitrogen and oxygen atoms in total. The average molecular weight is 337 g/mol. The first-order valence-electron chi connectivity index (χ1n) is 8.63. The highest BCUT2D eigenvalue weighted by atomic mass is 28.4. The van der Waals surface area contributed by atoms with Crippen LogP contribution >= 0.6 is 0 Å². The zero-order chi connectivity index (χ0) is 18.1. The Balaban J connectivity index is 2.85. The topological polar surface area (TPSA) is 45.4 Å². The van der Waals surface area contributed by atoms with E-state index in [0.29, 0.717) is 12.3 Å². The number of hydrogen-bond donors (Lipinski definition) is 1. The van der Waals surface area contributed by atoms with E-state index >= 15 is 0 Å². The lowest BCUT2D eigenvalue weighted by atomic mass is 9.83. The van der Waals surface area contributed by atoms with Crippen molar-refractivity contribution in [2.45, 2.75) is 85.0 Å². The van der Waals surface area contributed by atoms with Crippen LogP contribution < -0.4 is 0 Å². The molecule has 0 aromatic heterocycles. The largest absolute Gasteiger partial charge is 0.410 e. The van der Waals surface area contributed by atoms with Gasteiger partial charge in [-0.05, 0) is 62.4 Å². The van der Waals surface area contributed by atoms with Gasteiger partial charge in [0.05, 0.1) is 12.1 Å². The standard InChI is InChI=1S/C19H36N2OSi/c1-17(2,3)23(8,9)22-19(6,7)14-21-16-11-10-15(20)12-18(4,5)13-16/h10-11,20H,12-14H2,1-9H3. The molecule has 0 unspecified atom stereocenters. The normalized spacial score (nSPS) is 21.6. The molecule has 1 rings (SSSR count). The highest BCUT2D eigenvalue weighted by molar-refractivity contribution is 6.74. The molecule has 0 aromatic carbocycles. The van der Waals surface area contributed by atoms with E-state index in [0.717, 1.165) is 18.6 Å². The van der Waals surface area contributed by atoms with E-state index in [1.807, 2.05) is 12.2 Å². The van der Waals surface area contributed by atoms with Crippen LogP contribution in [-0.2, 0) is 4.43 Å². The molecule has 0 aliphatic heterocycles. The minimum absolute atomic E-state index is 0.101. The molecule has 0 atom stereocenters. The van der Waals surface area contributed by atoms with E-state index in [-0.39, 0.29) is 16.1 Å². The summed E-state index contributed by atoms with van der Waals surface area (Å²) in [6, 6.07) is 0. The highest BCUT2D eigenvalue weighted by Gasteiger charge is 2.41. The van der Waals surface area contributed by atoms with Gasteiger partial charge in [0.25, 0.3) is 0 Å². The summed E-state index contributed by atoms with van der Waals surface area (Å²) < 4.78 is 6.55. The molecular weight excluding hydrogens is 300 g/mol. The molecule has 0 fully saturated rings. The van der Waals surface area contributed by atoms with Gasteiger partial charge in [-0.3, -0.25) is 4.99 Å². The van der Waals surface area contributed by atoms with Gasteiger partial charge < -0.3 is 9.84 Å². The van der Waals surface area contributed by atoms with Crippen LogP contribution in [0.3, 0.4) is 0 Å². The molecule has 0 radical (unpaired) electrons. The van der Waals surface area contributed by atoms with Crippen LogP contribution in [0.4, 0.5) is 0 Å². The lowest BCUT2D eigenvalue weighted by Gasteiger charge is -2.42. The van der Waals surface area contributed by atoms with Crippen LogP contribution in [0, 0.1) is 10.8 Å². The molecule has 0 spiro atoms. The summed E-state index contributed by atoms with van der Waals surface area (Å²) in [5, 5.41) is 8.16. The third-order valence-electron chi connectivity index (χ3n) is 4.81. The van der Waals surface area contributed by atoms with E-state index in [4.69, 9.17) is 14.8 Å². The Hall–Kier alpha value is -0.743. The van der Waals surface area contributed by atoms with Crippen molar-refractivity contribution in [2.75, 3.05) is 6.54 Å². The summed E-state index contributed by atoms with van der Waals surface area (Å²) >= 11 is 0. The van der Waals surface area contributed by atoms with Crippen LogP contribution in [-0.4, -0.2) is 31.9 Å². The van der Waals surface area contributed by atoms with Gasteiger partial charge in [0.1, 0.15) is 0 Å². The molecule has 1 aliphatic carbocycles. The Bertz CT molecular complexity index is 508. The average Bonchev–Trinajstić information content (AvgIpc) is 2.41. The fourth-order valence-electron chi connectivity index (χ4n) is 2.66. The second-order valence-corrected chi connectivity index (χ2v) is 14.5. The Morgan fingerprint density at radius 3 is 2.22 bits per heavy atom. The Morgan fingerprint density at radius 2 is 1.70 bits per heavy atom. The molecule has 4 heteroatoms. The van der Waals surface area contributed by atoms with Crippen LogP contribution in [0.25, 0.3) is 0 Å². The first-order chi connectivity index (χ1) is 10.1. The number of allylic oxidation sites excluding steroid dienone is 2. The first-order valence-corrected chi connectivity index (χ1v) is 11.5. The molecule has 0 aromatic rings. The molecule has 1 aliphatic rings. The summed E-state index contributed by atoms with van der Waals surface area (Å²) in [6.07, 6.45) is 5.64. The number of nitrogens with zero attached hydrogens (tertiary/aromatic N) is 1. The van der Waals surface area contributed by atoms with E-state index in [9.17, 15) is 0 Å². The maximum absolute atomic E-state index is 7.96. The fourth-order valence-corrected chi connectivity index (χ4v) is 4.41. The van der Waals surface area contributed by atoms with Gasteiger partial charge in [-0.1, -0.05) is 34.6 Å². The first kappa shape index (κ1) is 20.3. The number of rotatable bonds is 4. The van der Waals surface area contributed by atoms with Crippen molar-refractivity contribution >= 4 is 19.7 Å². The molecule has 0 saturated carbocycles. The Labute approximate surface area is 144 Å². The predicted molar refractivity (Wildman–Crippen MR) is 105 cm³/mol. The van der Waals surface area contributed by atoms with Gasteiger partial charge in [0.15, 0.2) is 8.32 Å². The molecule has 1 N–H and O–H groups in total. The molecule has 0 amide bonds. The molecule has 0 bridgehead atoms. The highest BCUT2D eigenvalue weighted by Crippen LogP contribution is 2.39. The minimum atomic E-state index is -1.80. The van der Waals surface area contributed by atoms with Gasteiger partial charge in [0.2, 0.25) is 0 Å². The van der Waals surface area contributed by atoms with Crippen LogP contribution in [0.15, 0.2) is 17.1 Å². The molecule has 0 saturated heterocycles. The van der Waals surface area contributed by atoms with Crippen molar-refractivity contribution in [3.05, 3.63) is 12.2 Å². The summed E-state index contributed by atoms with van der Waals surface area (Å²) in [6.45, 7) is 20.8. The summed E-state index contributed by atoms with van der Waals surface area (Å²) in [5.74, 6) is 0. The molecular formula is C19H36N2OSi. The van der Waals surface area contributed by atoms with Crippen molar-refractivity contribution in [2.24, 2.45) is 10.4 Å². The lowest BCUT2D eigenvalue weighted by Crippen LogP contribution is -2.48. The summed E-state index contributed by atoms with van der Waals surface area (Å²) in [5.41, 5.74) is 1.62. The Morgan fingerprint density at radius 1 is 1.13 bits per heavy atom. The smallest absolute Gasteiger partial charge is 0.192 e. The molecule has 0 heterocycles. The number of nitrogens with one attached hydrogen (secondary N) is 1. The van der Waals surface area contributed by atoms with Crippen LogP contribution in [0.2, 0.25) is 18.1 Å². The van der Waals surface area contributed by atoms with Crippen molar-refractivity contribution in [3.63, 3.8) is 0 Å². The summed E-state index contributed by atoms with van der Waals surface area (Å²) in [7, 11) is -1.80. The lowest BCUT2D eigenvalue weighted by molar-refractivity contribution is 0.101. The van der Waals surface area contributed by atoms with E-state index < -0.39 is 8.32 Å². The summed E-state index contributed by atoms with van der Waals surface area (Å²) in [4.78, 5) is 4.84. The van der Waals surface area contributed by atoms with Gasteiger partial charge in [-0.2, -0.15) is 0 Å². The maximum Gasteiger partial charge on any atom is 0.192 e. The van der Waals surface area contributed by atoms with Crippen LogP contribution in [0.1, 0.15) is 61.3 Å². The third kappa shape index (κ3) is 6.34. The van der Waals surface area contributed by atoms with Gasteiger partial charge >= 0.3 is 0 Å². The second-order valence-electron chi connectivity index (χ2n) is 9.81. The van der Waals surface area contributed by atoms with Gasteiger partial charge in [-0.25, -0.2) is 0 Å². The zero-order valence-corrected chi connectivity index (χ0v) is 17.6. The van der Waals surface area contributed by atoms with Crippen molar-refractivity contribution in [1.29, 1.82) is 5.41 Å². The third-order valence-corrected chi connectivity index (χ3v) is 9.48. The number of aliphatic imine (C=N–C) groups is 1. The van der Waals surface area contributed by atoms with Crippen molar-refractivity contribution < 1.29 is 4.43 Å². The second kappa shape index (κ2) is 6.64. The maximum atomic E-state index is 7.96. The van der Waals surface area contributed by atoms with Crippen molar-refractivity contribution in [1.82, 2.24) is 0 Å². The van der Waals surface area contributed by atoms with Gasteiger partial charge in [-0.15, -0.1) is 0 Å². The predicted octanol–water partition coefficient (Wildman–Crippen LogP) is 5.62. The SMILES string of the molecule is CC1(C)CC(=N)C=CC(=NCC(C)(C)O[Si](C)(C)C(C)(C)C)C1. The number of hydrogen-bond acceptors (Lipinski definition) is 3. The van der Waals surface area contributed by atoms with E-state index in [1.54, 1.807) is 0 Å². The zero-order valence-electron chi connectivity index (χ0n) is 16.6. The van der Waals surface area contributed by atoms with Crippen LogP contribution in [0.5, 0.6) is 0 Å². The monoisotopic (exact) mass is 336 g/mol. The van der Waals surface area contributed by atoms with Gasteiger partial charge in [0, 0.05) is 11.4 Å². The molecule has 132 valence electrons.